The van der Waals surface area contributed by atoms with E-state index in [1.807, 2.05) is 36.6 Å². The molecule has 1 N–H and O–H groups in total. The van der Waals surface area contributed by atoms with E-state index in [-0.39, 0.29) is 19.1 Å². The number of esters is 1. The molecule has 3 aromatic rings. The lowest BCUT2D eigenvalue weighted by molar-refractivity contribution is -0.118. The van der Waals surface area contributed by atoms with Gasteiger partial charge in [-0.15, -0.1) is 11.3 Å². The molecule has 2 aromatic carbocycles. The summed E-state index contributed by atoms with van der Waals surface area (Å²) in [6.45, 7) is 3.72. The molecule has 8 heteroatoms. The van der Waals surface area contributed by atoms with Crippen LogP contribution in [-0.2, 0) is 9.53 Å². The summed E-state index contributed by atoms with van der Waals surface area (Å²) in [6, 6.07) is 12.6. The third-order valence-electron chi connectivity index (χ3n) is 4.18. The van der Waals surface area contributed by atoms with E-state index in [2.05, 4.69) is 21.2 Å². The zero-order valence-electron chi connectivity index (χ0n) is 16.3. The number of rotatable bonds is 7. The van der Waals surface area contributed by atoms with Gasteiger partial charge in [0.1, 0.15) is 16.3 Å². The van der Waals surface area contributed by atoms with Gasteiger partial charge in [0, 0.05) is 20.4 Å². The largest absolute Gasteiger partial charge is 0.484 e. The molecule has 0 radical (unpaired) electrons. The normalized spacial score (nSPS) is 10.5. The van der Waals surface area contributed by atoms with Crippen LogP contribution in [0, 0.1) is 6.92 Å². The first kappa shape index (κ1) is 22.3. The lowest BCUT2D eigenvalue weighted by Crippen LogP contribution is -2.21. The molecule has 0 aliphatic heterocycles. The van der Waals surface area contributed by atoms with Crippen molar-refractivity contribution in [2.24, 2.45) is 0 Å². The lowest BCUT2D eigenvalue weighted by atomic mass is 10.0. The average Bonchev–Trinajstić information content (AvgIpc) is 3.13. The van der Waals surface area contributed by atoms with Crippen LogP contribution in [0.4, 0.5) is 5.00 Å². The van der Waals surface area contributed by atoms with E-state index >= 15 is 0 Å². The Balaban J connectivity index is 1.78. The van der Waals surface area contributed by atoms with Gasteiger partial charge in [0.15, 0.2) is 6.61 Å². The standard InChI is InChI=1S/C22H19BrClNO4S/c1-3-28-22(27)20-17(14-4-6-15(24)7-5-14)12-30-21(20)25-19(26)11-29-16-8-9-18(23)13(2)10-16/h4-10,12H,3,11H2,1-2H3,(H,25,26). The van der Waals surface area contributed by atoms with E-state index in [0.29, 0.717) is 26.9 Å². The number of halogens is 2. The van der Waals surface area contributed by atoms with Gasteiger partial charge in [-0.3, -0.25) is 4.79 Å². The monoisotopic (exact) mass is 507 g/mol. The molecule has 0 saturated carbocycles. The molecule has 1 amide bonds. The van der Waals surface area contributed by atoms with Crippen LogP contribution in [0.25, 0.3) is 11.1 Å². The Morgan fingerprint density at radius 1 is 1.17 bits per heavy atom. The molecule has 30 heavy (non-hydrogen) atoms. The number of hydrogen-bond acceptors (Lipinski definition) is 5. The smallest absolute Gasteiger partial charge is 0.341 e. The number of carbonyl (C=O) groups excluding carboxylic acids is 2. The number of carbonyl (C=O) groups is 2. The average molecular weight is 509 g/mol. The third kappa shape index (κ3) is 5.41. The molecule has 0 saturated heterocycles. The zero-order chi connectivity index (χ0) is 21.7. The van der Waals surface area contributed by atoms with Crippen LogP contribution in [0.5, 0.6) is 5.75 Å². The highest BCUT2D eigenvalue weighted by molar-refractivity contribution is 9.10. The molecule has 0 unspecified atom stereocenters. The fraction of sp³-hybridized carbons (Fsp3) is 0.182. The van der Waals surface area contributed by atoms with Crippen molar-refractivity contribution in [3.05, 3.63) is 68.5 Å². The molecule has 1 heterocycles. The molecule has 0 aliphatic rings. The van der Waals surface area contributed by atoms with Crippen LogP contribution in [0.1, 0.15) is 22.8 Å². The summed E-state index contributed by atoms with van der Waals surface area (Å²) < 4.78 is 11.7. The maximum Gasteiger partial charge on any atom is 0.341 e. The number of hydrogen-bond donors (Lipinski definition) is 1. The van der Waals surface area contributed by atoms with Crippen molar-refractivity contribution in [3.63, 3.8) is 0 Å². The summed E-state index contributed by atoms with van der Waals surface area (Å²) in [5.74, 6) is -0.279. The van der Waals surface area contributed by atoms with Crippen LogP contribution in [0.2, 0.25) is 5.02 Å². The van der Waals surface area contributed by atoms with E-state index < -0.39 is 5.97 Å². The van der Waals surface area contributed by atoms with Crippen molar-refractivity contribution >= 4 is 55.7 Å². The van der Waals surface area contributed by atoms with Crippen LogP contribution in [-0.4, -0.2) is 25.1 Å². The fourth-order valence-corrected chi connectivity index (χ4v) is 4.06. The Bertz CT molecular complexity index is 1070. The van der Waals surface area contributed by atoms with Crippen molar-refractivity contribution in [3.8, 4) is 16.9 Å². The van der Waals surface area contributed by atoms with Gasteiger partial charge < -0.3 is 14.8 Å². The first-order valence-corrected chi connectivity index (χ1v) is 11.2. The summed E-state index contributed by atoms with van der Waals surface area (Å²) in [4.78, 5) is 25.0. The number of nitrogens with one attached hydrogen (secondary N) is 1. The molecule has 1 aromatic heterocycles. The summed E-state index contributed by atoms with van der Waals surface area (Å²) in [5, 5.41) is 5.59. The quantitative estimate of drug-likeness (QED) is 0.379. The van der Waals surface area contributed by atoms with E-state index in [1.165, 1.54) is 11.3 Å². The molecule has 0 fully saturated rings. The summed E-state index contributed by atoms with van der Waals surface area (Å²) in [7, 11) is 0. The van der Waals surface area contributed by atoms with Gasteiger partial charge in [0.05, 0.1) is 6.61 Å². The van der Waals surface area contributed by atoms with Crippen molar-refractivity contribution in [2.45, 2.75) is 13.8 Å². The van der Waals surface area contributed by atoms with Crippen molar-refractivity contribution in [1.29, 1.82) is 0 Å². The topological polar surface area (TPSA) is 64.6 Å². The molecule has 0 bridgehead atoms. The Morgan fingerprint density at radius 2 is 1.90 bits per heavy atom. The van der Waals surface area contributed by atoms with Crippen LogP contribution in [0.3, 0.4) is 0 Å². The Morgan fingerprint density at radius 3 is 2.57 bits per heavy atom. The van der Waals surface area contributed by atoms with Crippen LogP contribution >= 0.6 is 38.9 Å². The van der Waals surface area contributed by atoms with E-state index in [9.17, 15) is 9.59 Å². The van der Waals surface area contributed by atoms with Crippen molar-refractivity contribution in [2.75, 3.05) is 18.5 Å². The molecular formula is C22H19BrClNO4S. The second-order valence-corrected chi connectivity index (χ2v) is 8.50. The minimum Gasteiger partial charge on any atom is -0.484 e. The molecular weight excluding hydrogens is 490 g/mol. The zero-order valence-corrected chi connectivity index (χ0v) is 19.5. The fourth-order valence-electron chi connectivity index (χ4n) is 2.72. The van der Waals surface area contributed by atoms with Gasteiger partial charge in [-0.2, -0.15) is 0 Å². The number of ether oxygens (including phenoxy) is 2. The third-order valence-corrected chi connectivity index (χ3v) is 6.22. The molecule has 0 aliphatic carbocycles. The van der Waals surface area contributed by atoms with Gasteiger partial charge in [0.25, 0.3) is 5.91 Å². The van der Waals surface area contributed by atoms with Crippen molar-refractivity contribution in [1.82, 2.24) is 0 Å². The van der Waals surface area contributed by atoms with Crippen LogP contribution in [0.15, 0.2) is 52.3 Å². The Labute approximate surface area is 192 Å². The van der Waals surface area contributed by atoms with Crippen molar-refractivity contribution < 1.29 is 19.1 Å². The summed E-state index contributed by atoms with van der Waals surface area (Å²) in [5.41, 5.74) is 2.80. The summed E-state index contributed by atoms with van der Waals surface area (Å²) >= 11 is 10.7. The predicted molar refractivity (Wildman–Crippen MR) is 124 cm³/mol. The predicted octanol–water partition coefficient (Wildman–Crippen LogP) is 6.33. The van der Waals surface area contributed by atoms with Crippen LogP contribution < -0.4 is 10.1 Å². The number of anilines is 1. The SMILES string of the molecule is CCOC(=O)c1c(-c2ccc(Cl)cc2)csc1NC(=O)COc1ccc(Br)c(C)c1. The van der Waals surface area contributed by atoms with E-state index in [0.717, 1.165) is 15.6 Å². The number of amides is 1. The molecule has 0 spiro atoms. The molecule has 156 valence electrons. The number of thiophene rings is 1. The molecule has 5 nitrogen and oxygen atoms in total. The van der Waals surface area contributed by atoms with Gasteiger partial charge in [-0.25, -0.2) is 4.79 Å². The number of benzene rings is 2. The maximum absolute atomic E-state index is 12.6. The second kappa shape index (κ2) is 10.1. The van der Waals surface area contributed by atoms with E-state index in [4.69, 9.17) is 21.1 Å². The maximum atomic E-state index is 12.6. The minimum absolute atomic E-state index is 0.183. The lowest BCUT2D eigenvalue weighted by Gasteiger charge is -2.10. The van der Waals surface area contributed by atoms with Gasteiger partial charge in [-0.1, -0.05) is 39.7 Å². The van der Waals surface area contributed by atoms with Gasteiger partial charge >= 0.3 is 5.97 Å². The molecule has 0 atom stereocenters. The highest BCUT2D eigenvalue weighted by Gasteiger charge is 2.23. The Kier molecular flexibility index (Phi) is 7.53. The van der Waals surface area contributed by atoms with Gasteiger partial charge in [0.2, 0.25) is 0 Å². The summed E-state index contributed by atoms with van der Waals surface area (Å²) in [6.07, 6.45) is 0. The highest BCUT2D eigenvalue weighted by atomic mass is 79.9. The van der Waals surface area contributed by atoms with Gasteiger partial charge in [-0.05, 0) is 55.3 Å². The highest BCUT2D eigenvalue weighted by Crippen LogP contribution is 2.36. The molecule has 3 rings (SSSR count). The Hall–Kier alpha value is -2.35. The first-order valence-electron chi connectivity index (χ1n) is 9.12. The second-order valence-electron chi connectivity index (χ2n) is 6.33. The minimum atomic E-state index is -0.497. The van der Waals surface area contributed by atoms with E-state index in [1.54, 1.807) is 25.1 Å². The number of aryl methyl sites for hydroxylation is 1. The first-order chi connectivity index (χ1) is 14.4.